The van der Waals surface area contributed by atoms with Gasteiger partial charge in [-0.05, 0) is 55.5 Å². The standard InChI is InChI=1S/C25H30N2O4/c1-18-5-4-6-19(15-18)7-10-24(28)26-17-20-11-13-27(14-12-20)25(29)21-8-9-22(30-2)23(16-21)31-3/h4-10,15-16,20H,11-14,17H2,1-3H3,(H,26,28)/b10-7+. The monoisotopic (exact) mass is 422 g/mol. The Morgan fingerprint density at radius 1 is 1.06 bits per heavy atom. The lowest BCUT2D eigenvalue weighted by molar-refractivity contribution is -0.116. The van der Waals surface area contributed by atoms with E-state index < -0.39 is 0 Å². The lowest BCUT2D eigenvalue weighted by Gasteiger charge is -2.32. The molecular formula is C25H30N2O4. The Morgan fingerprint density at radius 2 is 1.81 bits per heavy atom. The molecule has 1 fully saturated rings. The van der Waals surface area contributed by atoms with Crippen LogP contribution in [0.4, 0.5) is 0 Å². The van der Waals surface area contributed by atoms with E-state index in [9.17, 15) is 9.59 Å². The normalized spacial score (nSPS) is 14.5. The van der Waals surface area contributed by atoms with Crippen molar-refractivity contribution in [1.82, 2.24) is 10.2 Å². The summed E-state index contributed by atoms with van der Waals surface area (Å²) < 4.78 is 10.5. The van der Waals surface area contributed by atoms with Crippen molar-refractivity contribution < 1.29 is 19.1 Å². The molecule has 2 amide bonds. The number of hydrogen-bond donors (Lipinski definition) is 1. The van der Waals surface area contributed by atoms with Crippen LogP contribution >= 0.6 is 0 Å². The zero-order valence-electron chi connectivity index (χ0n) is 18.4. The fourth-order valence-corrected chi connectivity index (χ4v) is 3.74. The number of amides is 2. The number of likely N-dealkylation sites (tertiary alicyclic amines) is 1. The summed E-state index contributed by atoms with van der Waals surface area (Å²) in [4.78, 5) is 26.8. The molecule has 3 rings (SSSR count). The Morgan fingerprint density at radius 3 is 2.48 bits per heavy atom. The number of nitrogens with zero attached hydrogens (tertiary/aromatic N) is 1. The zero-order chi connectivity index (χ0) is 22.2. The van der Waals surface area contributed by atoms with Crippen LogP contribution in [0.25, 0.3) is 6.08 Å². The van der Waals surface area contributed by atoms with Crippen LogP contribution in [0, 0.1) is 12.8 Å². The second-order valence-electron chi connectivity index (χ2n) is 7.80. The molecular weight excluding hydrogens is 392 g/mol. The zero-order valence-corrected chi connectivity index (χ0v) is 18.4. The second kappa shape index (κ2) is 10.7. The molecule has 6 nitrogen and oxygen atoms in total. The summed E-state index contributed by atoms with van der Waals surface area (Å²) >= 11 is 0. The molecule has 0 bridgehead atoms. The molecule has 0 unspecified atom stereocenters. The van der Waals surface area contributed by atoms with E-state index in [-0.39, 0.29) is 11.8 Å². The Balaban J connectivity index is 1.46. The SMILES string of the molecule is COc1ccc(C(=O)N2CCC(CNC(=O)/C=C/c3cccc(C)c3)CC2)cc1OC. The molecule has 1 heterocycles. The van der Waals surface area contributed by atoms with Gasteiger partial charge in [0.1, 0.15) is 0 Å². The van der Waals surface area contributed by atoms with Gasteiger partial charge in [-0.15, -0.1) is 0 Å². The average Bonchev–Trinajstić information content (AvgIpc) is 2.80. The van der Waals surface area contributed by atoms with Gasteiger partial charge in [-0.3, -0.25) is 9.59 Å². The number of rotatable bonds is 7. The molecule has 0 saturated carbocycles. The third-order valence-corrected chi connectivity index (χ3v) is 5.57. The minimum Gasteiger partial charge on any atom is -0.493 e. The Kier molecular flexibility index (Phi) is 7.70. The van der Waals surface area contributed by atoms with Gasteiger partial charge in [-0.1, -0.05) is 29.8 Å². The predicted molar refractivity (Wildman–Crippen MR) is 121 cm³/mol. The Labute approximate surface area is 183 Å². The van der Waals surface area contributed by atoms with Crippen LogP contribution in [0.5, 0.6) is 11.5 Å². The number of nitrogens with one attached hydrogen (secondary N) is 1. The molecule has 0 atom stereocenters. The largest absolute Gasteiger partial charge is 0.493 e. The van der Waals surface area contributed by atoms with Gasteiger partial charge < -0.3 is 19.7 Å². The minimum absolute atomic E-state index is 0.00970. The van der Waals surface area contributed by atoms with Crippen molar-refractivity contribution in [3.05, 3.63) is 65.2 Å². The number of methoxy groups -OCH3 is 2. The van der Waals surface area contributed by atoms with Crippen LogP contribution in [0.15, 0.2) is 48.5 Å². The molecule has 2 aromatic rings. The first-order chi connectivity index (χ1) is 15.0. The van der Waals surface area contributed by atoms with Crippen molar-refractivity contribution in [3.63, 3.8) is 0 Å². The number of carbonyl (C=O) groups excluding carboxylic acids is 2. The number of piperidine rings is 1. The number of benzene rings is 2. The summed E-state index contributed by atoms with van der Waals surface area (Å²) in [6, 6.07) is 13.2. The minimum atomic E-state index is -0.0923. The van der Waals surface area contributed by atoms with Crippen LogP contribution in [-0.2, 0) is 4.79 Å². The first-order valence-electron chi connectivity index (χ1n) is 10.5. The molecule has 31 heavy (non-hydrogen) atoms. The fourth-order valence-electron chi connectivity index (χ4n) is 3.74. The van der Waals surface area contributed by atoms with Crippen molar-refractivity contribution >= 4 is 17.9 Å². The average molecular weight is 423 g/mol. The summed E-state index contributed by atoms with van der Waals surface area (Å²) in [6.45, 7) is 3.99. The molecule has 1 saturated heterocycles. The van der Waals surface area contributed by atoms with Crippen molar-refractivity contribution in [2.24, 2.45) is 5.92 Å². The molecule has 1 N–H and O–H groups in total. The highest BCUT2D eigenvalue weighted by atomic mass is 16.5. The van der Waals surface area contributed by atoms with Gasteiger partial charge in [0, 0.05) is 31.3 Å². The van der Waals surface area contributed by atoms with Crippen molar-refractivity contribution in [2.45, 2.75) is 19.8 Å². The van der Waals surface area contributed by atoms with E-state index >= 15 is 0 Å². The Hall–Kier alpha value is -3.28. The highest BCUT2D eigenvalue weighted by molar-refractivity contribution is 5.95. The van der Waals surface area contributed by atoms with E-state index in [0.29, 0.717) is 42.6 Å². The van der Waals surface area contributed by atoms with Crippen molar-refractivity contribution in [3.8, 4) is 11.5 Å². The van der Waals surface area contributed by atoms with E-state index in [1.54, 1.807) is 38.5 Å². The first kappa shape index (κ1) is 22.4. The summed E-state index contributed by atoms with van der Waals surface area (Å²) in [7, 11) is 3.13. The maximum Gasteiger partial charge on any atom is 0.253 e. The maximum atomic E-state index is 12.8. The van der Waals surface area contributed by atoms with Crippen molar-refractivity contribution in [1.29, 1.82) is 0 Å². The molecule has 0 aromatic heterocycles. The van der Waals surface area contributed by atoms with E-state index in [4.69, 9.17) is 9.47 Å². The van der Waals surface area contributed by atoms with Crippen LogP contribution in [-0.4, -0.2) is 50.6 Å². The smallest absolute Gasteiger partial charge is 0.253 e. The molecule has 0 aliphatic carbocycles. The van der Waals surface area contributed by atoms with E-state index in [2.05, 4.69) is 5.32 Å². The van der Waals surface area contributed by atoms with Gasteiger partial charge in [0.15, 0.2) is 11.5 Å². The first-order valence-corrected chi connectivity index (χ1v) is 10.5. The van der Waals surface area contributed by atoms with Crippen molar-refractivity contribution in [2.75, 3.05) is 33.9 Å². The Bertz CT molecular complexity index is 946. The molecule has 2 aromatic carbocycles. The number of aryl methyl sites for hydroxylation is 1. The van der Waals surface area contributed by atoms with Gasteiger partial charge in [0.05, 0.1) is 14.2 Å². The highest BCUT2D eigenvalue weighted by Gasteiger charge is 2.24. The third kappa shape index (κ3) is 6.10. The lowest BCUT2D eigenvalue weighted by Crippen LogP contribution is -2.41. The lowest BCUT2D eigenvalue weighted by atomic mass is 9.96. The number of hydrogen-bond acceptors (Lipinski definition) is 4. The maximum absolute atomic E-state index is 12.8. The summed E-state index contributed by atoms with van der Waals surface area (Å²) in [6.07, 6.45) is 5.12. The summed E-state index contributed by atoms with van der Waals surface area (Å²) in [5.41, 5.74) is 2.76. The number of carbonyl (C=O) groups is 2. The van der Waals surface area contributed by atoms with Gasteiger partial charge in [0.25, 0.3) is 5.91 Å². The second-order valence-corrected chi connectivity index (χ2v) is 7.80. The third-order valence-electron chi connectivity index (χ3n) is 5.57. The fraction of sp³-hybridized carbons (Fsp3) is 0.360. The van der Waals surface area contributed by atoms with Gasteiger partial charge in [-0.2, -0.15) is 0 Å². The van der Waals surface area contributed by atoms with E-state index in [1.165, 1.54) is 0 Å². The number of ether oxygens (including phenoxy) is 2. The summed E-state index contributed by atoms with van der Waals surface area (Å²) in [5, 5.41) is 2.98. The van der Waals surface area contributed by atoms with E-state index in [0.717, 1.165) is 24.0 Å². The van der Waals surface area contributed by atoms with Gasteiger partial charge in [0.2, 0.25) is 5.91 Å². The van der Waals surface area contributed by atoms with Gasteiger partial charge in [-0.25, -0.2) is 0 Å². The van der Waals surface area contributed by atoms with Crippen LogP contribution in [0.2, 0.25) is 0 Å². The quantitative estimate of drug-likeness (QED) is 0.691. The molecule has 164 valence electrons. The predicted octanol–water partition coefficient (Wildman–Crippen LogP) is 3.69. The molecule has 0 spiro atoms. The van der Waals surface area contributed by atoms with Gasteiger partial charge >= 0.3 is 0 Å². The van der Waals surface area contributed by atoms with E-state index in [1.807, 2.05) is 42.2 Å². The van der Waals surface area contributed by atoms with Crippen LogP contribution in [0.1, 0.15) is 34.3 Å². The summed E-state index contributed by atoms with van der Waals surface area (Å²) in [5.74, 6) is 1.41. The molecule has 1 aliphatic rings. The molecule has 0 radical (unpaired) electrons. The van der Waals surface area contributed by atoms with Crippen LogP contribution < -0.4 is 14.8 Å². The molecule has 1 aliphatic heterocycles. The van der Waals surface area contributed by atoms with Crippen LogP contribution in [0.3, 0.4) is 0 Å². The molecule has 6 heteroatoms. The highest BCUT2D eigenvalue weighted by Crippen LogP contribution is 2.28. The topological polar surface area (TPSA) is 67.9 Å².